The van der Waals surface area contributed by atoms with Crippen molar-refractivity contribution >= 4 is 23.5 Å². The first kappa shape index (κ1) is 12.4. The summed E-state index contributed by atoms with van der Waals surface area (Å²) in [5.41, 5.74) is 5.56. The summed E-state index contributed by atoms with van der Waals surface area (Å²) in [5, 5.41) is 0.156. The van der Waals surface area contributed by atoms with Crippen LogP contribution in [0.4, 0.5) is 11.9 Å². The van der Waals surface area contributed by atoms with E-state index in [1.165, 1.54) is 32.1 Å². The highest BCUT2D eigenvalue weighted by Crippen LogP contribution is 2.25. The van der Waals surface area contributed by atoms with E-state index in [9.17, 15) is 0 Å². The summed E-state index contributed by atoms with van der Waals surface area (Å²) in [6.07, 6.45) is 6.61. The first-order chi connectivity index (χ1) is 8.15. The largest absolute Gasteiger partial charge is 0.368 e. The van der Waals surface area contributed by atoms with E-state index in [0.717, 1.165) is 12.5 Å². The van der Waals surface area contributed by atoms with Gasteiger partial charge in [0, 0.05) is 13.6 Å². The lowest BCUT2D eigenvalue weighted by Gasteiger charge is -2.26. The lowest BCUT2D eigenvalue weighted by atomic mass is 9.89. The lowest BCUT2D eigenvalue weighted by Crippen LogP contribution is -2.28. The minimum Gasteiger partial charge on any atom is -0.368 e. The van der Waals surface area contributed by atoms with Crippen LogP contribution in [0.2, 0.25) is 5.28 Å². The quantitative estimate of drug-likeness (QED) is 0.896. The zero-order valence-electron chi connectivity index (χ0n) is 10.1. The van der Waals surface area contributed by atoms with E-state index in [1.54, 1.807) is 0 Å². The Morgan fingerprint density at radius 1 is 1.24 bits per heavy atom. The highest BCUT2D eigenvalue weighted by atomic mass is 35.5. The Kier molecular flexibility index (Phi) is 3.99. The summed E-state index contributed by atoms with van der Waals surface area (Å²) in [6, 6.07) is 0. The number of aromatic nitrogens is 3. The fourth-order valence-electron chi connectivity index (χ4n) is 2.36. The van der Waals surface area contributed by atoms with Crippen LogP contribution in [-0.4, -0.2) is 28.5 Å². The van der Waals surface area contributed by atoms with Gasteiger partial charge in [-0.15, -0.1) is 0 Å². The van der Waals surface area contributed by atoms with Gasteiger partial charge in [-0.1, -0.05) is 19.3 Å². The molecule has 1 heterocycles. The molecule has 0 atom stereocenters. The average molecular weight is 256 g/mol. The second-order valence-corrected chi connectivity index (χ2v) is 4.99. The van der Waals surface area contributed by atoms with Crippen LogP contribution in [0.1, 0.15) is 32.1 Å². The van der Waals surface area contributed by atoms with Crippen LogP contribution in [0.25, 0.3) is 0 Å². The molecule has 0 aliphatic heterocycles. The SMILES string of the molecule is CN(CC1CCCCC1)c1nc(N)nc(Cl)n1. The van der Waals surface area contributed by atoms with Crippen molar-refractivity contribution in [3.05, 3.63) is 5.28 Å². The number of nitrogens with zero attached hydrogens (tertiary/aromatic N) is 4. The molecule has 0 aromatic carbocycles. The Morgan fingerprint density at radius 2 is 1.94 bits per heavy atom. The maximum Gasteiger partial charge on any atom is 0.231 e. The summed E-state index contributed by atoms with van der Waals surface area (Å²) in [6.45, 7) is 0.958. The Labute approximate surface area is 106 Å². The molecule has 1 fully saturated rings. The maximum atomic E-state index is 5.77. The standard InChI is InChI=1S/C11H18ClN5/c1-17(7-8-5-3-2-4-6-8)11-15-9(12)14-10(13)16-11/h8H,2-7H2,1H3,(H2,13,14,15,16). The molecule has 2 N–H and O–H groups in total. The molecule has 1 aliphatic carbocycles. The fourth-order valence-corrected chi connectivity index (χ4v) is 2.53. The highest BCUT2D eigenvalue weighted by Gasteiger charge is 2.17. The Bertz CT molecular complexity index is 358. The molecular weight excluding hydrogens is 238 g/mol. The molecule has 1 saturated carbocycles. The first-order valence-corrected chi connectivity index (χ1v) is 6.41. The molecule has 1 aromatic rings. The summed E-state index contributed by atoms with van der Waals surface area (Å²) in [4.78, 5) is 14.0. The number of anilines is 2. The minimum absolute atomic E-state index is 0.156. The number of hydrogen-bond acceptors (Lipinski definition) is 5. The minimum atomic E-state index is 0.156. The van der Waals surface area contributed by atoms with Gasteiger partial charge >= 0.3 is 0 Å². The zero-order chi connectivity index (χ0) is 12.3. The van der Waals surface area contributed by atoms with Gasteiger partial charge in [0.15, 0.2) is 0 Å². The van der Waals surface area contributed by atoms with Crippen LogP contribution >= 0.6 is 11.6 Å². The molecule has 17 heavy (non-hydrogen) atoms. The molecule has 0 amide bonds. The van der Waals surface area contributed by atoms with Crippen molar-refractivity contribution < 1.29 is 0 Å². The van der Waals surface area contributed by atoms with E-state index in [2.05, 4.69) is 15.0 Å². The third-order valence-corrected chi connectivity index (χ3v) is 3.38. The number of hydrogen-bond donors (Lipinski definition) is 1. The van der Waals surface area contributed by atoms with Gasteiger partial charge in [0.25, 0.3) is 0 Å². The van der Waals surface area contributed by atoms with Crippen molar-refractivity contribution in [2.45, 2.75) is 32.1 Å². The van der Waals surface area contributed by atoms with Crippen molar-refractivity contribution in [1.82, 2.24) is 15.0 Å². The van der Waals surface area contributed by atoms with E-state index in [0.29, 0.717) is 5.95 Å². The molecule has 2 rings (SSSR count). The summed E-state index contributed by atoms with van der Waals surface area (Å²) in [5.74, 6) is 1.47. The summed E-state index contributed by atoms with van der Waals surface area (Å²) < 4.78 is 0. The normalized spacial score (nSPS) is 17.1. The van der Waals surface area contributed by atoms with Crippen LogP contribution < -0.4 is 10.6 Å². The molecule has 5 nitrogen and oxygen atoms in total. The van der Waals surface area contributed by atoms with Crippen LogP contribution in [0.3, 0.4) is 0 Å². The Morgan fingerprint density at radius 3 is 2.59 bits per heavy atom. The van der Waals surface area contributed by atoms with Gasteiger partial charge < -0.3 is 10.6 Å². The predicted octanol–water partition coefficient (Wildman–Crippen LogP) is 2.12. The zero-order valence-corrected chi connectivity index (χ0v) is 10.8. The van der Waals surface area contributed by atoms with Crippen LogP contribution in [0, 0.1) is 5.92 Å². The molecule has 0 spiro atoms. The molecule has 1 aromatic heterocycles. The average Bonchev–Trinajstić information content (AvgIpc) is 2.29. The number of halogens is 1. The Hall–Kier alpha value is -1.10. The van der Waals surface area contributed by atoms with Gasteiger partial charge in [-0.05, 0) is 30.4 Å². The summed E-state index contributed by atoms with van der Waals surface area (Å²) in [7, 11) is 1.97. The third-order valence-electron chi connectivity index (χ3n) is 3.21. The van der Waals surface area contributed by atoms with Crippen LogP contribution in [0.5, 0.6) is 0 Å². The fraction of sp³-hybridized carbons (Fsp3) is 0.727. The van der Waals surface area contributed by atoms with Crippen LogP contribution in [-0.2, 0) is 0 Å². The molecule has 6 heteroatoms. The van der Waals surface area contributed by atoms with Crippen molar-refractivity contribution in [2.75, 3.05) is 24.2 Å². The molecule has 1 aliphatic rings. The molecular formula is C11H18ClN5. The molecule has 0 saturated heterocycles. The van der Waals surface area contributed by atoms with Gasteiger partial charge in [0.1, 0.15) is 0 Å². The van der Waals surface area contributed by atoms with Gasteiger partial charge in [-0.25, -0.2) is 0 Å². The van der Waals surface area contributed by atoms with Gasteiger partial charge in [0.2, 0.25) is 17.2 Å². The van der Waals surface area contributed by atoms with Crippen molar-refractivity contribution in [2.24, 2.45) is 5.92 Å². The second-order valence-electron chi connectivity index (χ2n) is 4.65. The Balaban J connectivity index is 2.00. The second kappa shape index (κ2) is 5.49. The lowest BCUT2D eigenvalue weighted by molar-refractivity contribution is 0.361. The monoisotopic (exact) mass is 255 g/mol. The van der Waals surface area contributed by atoms with E-state index in [-0.39, 0.29) is 11.2 Å². The topological polar surface area (TPSA) is 67.9 Å². The van der Waals surface area contributed by atoms with Crippen molar-refractivity contribution in [3.63, 3.8) is 0 Å². The highest BCUT2D eigenvalue weighted by molar-refractivity contribution is 6.28. The van der Waals surface area contributed by atoms with E-state index < -0.39 is 0 Å². The van der Waals surface area contributed by atoms with Crippen LogP contribution in [0.15, 0.2) is 0 Å². The summed E-state index contributed by atoms with van der Waals surface area (Å²) >= 11 is 5.77. The third kappa shape index (κ3) is 3.43. The molecule has 0 unspecified atom stereocenters. The number of rotatable bonds is 3. The van der Waals surface area contributed by atoms with Gasteiger partial charge in [0.05, 0.1) is 0 Å². The van der Waals surface area contributed by atoms with Crippen molar-refractivity contribution in [1.29, 1.82) is 0 Å². The smallest absolute Gasteiger partial charge is 0.231 e. The van der Waals surface area contributed by atoms with Gasteiger partial charge in [-0.2, -0.15) is 15.0 Å². The first-order valence-electron chi connectivity index (χ1n) is 6.03. The number of nitrogens with two attached hydrogens (primary N) is 1. The molecule has 94 valence electrons. The van der Waals surface area contributed by atoms with E-state index in [1.807, 2.05) is 11.9 Å². The molecule has 0 bridgehead atoms. The predicted molar refractivity (Wildman–Crippen MR) is 69.1 cm³/mol. The molecule has 0 radical (unpaired) electrons. The number of nitrogen functional groups attached to an aromatic ring is 1. The van der Waals surface area contributed by atoms with Gasteiger partial charge in [-0.3, -0.25) is 0 Å². The van der Waals surface area contributed by atoms with Crippen molar-refractivity contribution in [3.8, 4) is 0 Å². The van der Waals surface area contributed by atoms with E-state index >= 15 is 0 Å². The maximum absolute atomic E-state index is 5.77. The van der Waals surface area contributed by atoms with E-state index in [4.69, 9.17) is 17.3 Å².